The van der Waals surface area contributed by atoms with Crippen LogP contribution in [0.1, 0.15) is 15.9 Å². The SMILES string of the molecule is NC(=O)c1cccc(NC(=O)Cc2ccccc2O)c1. The third kappa shape index (κ3) is 3.35. The Balaban J connectivity index is 2.07. The van der Waals surface area contributed by atoms with Gasteiger partial charge in [0.15, 0.2) is 0 Å². The molecule has 0 aliphatic heterocycles. The van der Waals surface area contributed by atoms with E-state index in [1.165, 1.54) is 12.1 Å². The predicted molar refractivity (Wildman–Crippen MR) is 75.4 cm³/mol. The summed E-state index contributed by atoms with van der Waals surface area (Å²) in [6.07, 6.45) is 0.0491. The van der Waals surface area contributed by atoms with Crippen molar-refractivity contribution in [2.75, 3.05) is 5.32 Å². The Kier molecular flexibility index (Phi) is 4.00. The standard InChI is InChI=1S/C15H14N2O3/c16-15(20)11-5-3-6-12(8-11)17-14(19)9-10-4-1-2-7-13(10)18/h1-8,18H,9H2,(H2,16,20)(H,17,19). The molecular weight excluding hydrogens is 256 g/mol. The highest BCUT2D eigenvalue weighted by Crippen LogP contribution is 2.17. The Morgan fingerprint density at radius 2 is 1.85 bits per heavy atom. The Morgan fingerprint density at radius 3 is 2.55 bits per heavy atom. The highest BCUT2D eigenvalue weighted by atomic mass is 16.3. The van der Waals surface area contributed by atoms with Crippen molar-refractivity contribution in [3.05, 3.63) is 59.7 Å². The molecule has 0 radical (unpaired) electrons. The normalized spacial score (nSPS) is 10.0. The quantitative estimate of drug-likeness (QED) is 0.789. The number of para-hydroxylation sites is 1. The largest absolute Gasteiger partial charge is 0.508 e. The summed E-state index contributed by atoms with van der Waals surface area (Å²) in [4.78, 5) is 22.9. The van der Waals surface area contributed by atoms with Crippen LogP contribution in [0.5, 0.6) is 5.75 Å². The van der Waals surface area contributed by atoms with Crippen LogP contribution in [0.3, 0.4) is 0 Å². The van der Waals surface area contributed by atoms with Crippen molar-refractivity contribution in [1.82, 2.24) is 0 Å². The van der Waals surface area contributed by atoms with Gasteiger partial charge in [-0.1, -0.05) is 24.3 Å². The van der Waals surface area contributed by atoms with Gasteiger partial charge in [-0.15, -0.1) is 0 Å². The first-order valence-corrected chi connectivity index (χ1v) is 6.03. The minimum Gasteiger partial charge on any atom is -0.508 e. The molecule has 5 heteroatoms. The van der Waals surface area contributed by atoms with Crippen LogP contribution < -0.4 is 11.1 Å². The fraction of sp³-hybridized carbons (Fsp3) is 0.0667. The van der Waals surface area contributed by atoms with Gasteiger partial charge in [-0.05, 0) is 24.3 Å². The maximum absolute atomic E-state index is 11.9. The van der Waals surface area contributed by atoms with E-state index in [9.17, 15) is 14.7 Å². The van der Waals surface area contributed by atoms with E-state index < -0.39 is 5.91 Å². The van der Waals surface area contributed by atoms with Gasteiger partial charge in [0.1, 0.15) is 5.75 Å². The van der Waals surface area contributed by atoms with Crippen LogP contribution >= 0.6 is 0 Å². The number of nitrogens with one attached hydrogen (secondary N) is 1. The molecule has 2 amide bonds. The zero-order valence-corrected chi connectivity index (χ0v) is 10.7. The lowest BCUT2D eigenvalue weighted by molar-refractivity contribution is -0.115. The molecule has 0 saturated carbocycles. The van der Waals surface area contributed by atoms with E-state index in [4.69, 9.17) is 5.73 Å². The molecule has 0 bridgehead atoms. The highest BCUT2D eigenvalue weighted by molar-refractivity contribution is 5.96. The molecule has 0 fully saturated rings. The number of hydrogen-bond acceptors (Lipinski definition) is 3. The molecule has 0 unspecified atom stereocenters. The Labute approximate surface area is 116 Å². The van der Waals surface area contributed by atoms with Crippen LogP contribution in [0.2, 0.25) is 0 Å². The van der Waals surface area contributed by atoms with Gasteiger partial charge < -0.3 is 16.2 Å². The van der Waals surface area contributed by atoms with Gasteiger partial charge >= 0.3 is 0 Å². The molecule has 5 nitrogen and oxygen atoms in total. The van der Waals surface area contributed by atoms with Crippen LogP contribution in [-0.4, -0.2) is 16.9 Å². The lowest BCUT2D eigenvalue weighted by atomic mass is 10.1. The second-order valence-electron chi connectivity index (χ2n) is 4.30. The van der Waals surface area contributed by atoms with Gasteiger partial charge in [0.2, 0.25) is 11.8 Å². The van der Waals surface area contributed by atoms with Crippen molar-refractivity contribution < 1.29 is 14.7 Å². The van der Waals surface area contributed by atoms with Crippen molar-refractivity contribution in [1.29, 1.82) is 0 Å². The number of rotatable bonds is 4. The van der Waals surface area contributed by atoms with Crippen LogP contribution in [0, 0.1) is 0 Å². The predicted octanol–water partition coefficient (Wildman–Crippen LogP) is 1.67. The Hall–Kier alpha value is -2.82. The zero-order valence-electron chi connectivity index (χ0n) is 10.7. The van der Waals surface area contributed by atoms with E-state index >= 15 is 0 Å². The monoisotopic (exact) mass is 270 g/mol. The number of amides is 2. The minimum atomic E-state index is -0.554. The third-order valence-electron chi connectivity index (χ3n) is 2.77. The molecule has 0 aliphatic carbocycles. The lowest BCUT2D eigenvalue weighted by Gasteiger charge is -2.07. The Morgan fingerprint density at radius 1 is 1.10 bits per heavy atom. The van der Waals surface area contributed by atoms with Gasteiger partial charge in [-0.3, -0.25) is 9.59 Å². The number of benzene rings is 2. The number of anilines is 1. The molecule has 0 spiro atoms. The van der Waals surface area contributed by atoms with E-state index in [2.05, 4.69) is 5.32 Å². The van der Waals surface area contributed by atoms with E-state index in [1.807, 2.05) is 0 Å². The summed E-state index contributed by atoms with van der Waals surface area (Å²) in [7, 11) is 0. The van der Waals surface area contributed by atoms with E-state index in [0.29, 0.717) is 16.8 Å². The second kappa shape index (κ2) is 5.88. The molecule has 20 heavy (non-hydrogen) atoms. The van der Waals surface area contributed by atoms with Crippen molar-refractivity contribution in [2.24, 2.45) is 5.73 Å². The summed E-state index contributed by atoms with van der Waals surface area (Å²) in [6.45, 7) is 0. The molecule has 4 N–H and O–H groups in total. The number of carbonyl (C=O) groups is 2. The summed E-state index contributed by atoms with van der Waals surface area (Å²) in [5.74, 6) is -0.761. The van der Waals surface area contributed by atoms with Crippen LogP contribution in [0.25, 0.3) is 0 Å². The summed E-state index contributed by atoms with van der Waals surface area (Å²) in [5.41, 5.74) is 6.52. The van der Waals surface area contributed by atoms with E-state index in [-0.39, 0.29) is 18.1 Å². The average molecular weight is 270 g/mol. The molecule has 0 atom stereocenters. The molecule has 102 valence electrons. The van der Waals surface area contributed by atoms with Crippen LogP contribution in [0.15, 0.2) is 48.5 Å². The molecule has 0 aromatic heterocycles. The molecular formula is C15H14N2O3. The first-order chi connectivity index (χ1) is 9.56. The van der Waals surface area contributed by atoms with Crippen molar-refractivity contribution in [3.63, 3.8) is 0 Å². The van der Waals surface area contributed by atoms with Gasteiger partial charge in [0.05, 0.1) is 6.42 Å². The number of phenols is 1. The summed E-state index contributed by atoms with van der Waals surface area (Å²) >= 11 is 0. The average Bonchev–Trinajstić information content (AvgIpc) is 2.41. The van der Waals surface area contributed by atoms with Gasteiger partial charge in [-0.2, -0.15) is 0 Å². The van der Waals surface area contributed by atoms with E-state index in [0.717, 1.165) is 0 Å². The number of phenolic OH excluding ortho intramolecular Hbond substituents is 1. The number of primary amides is 1. The molecule has 0 heterocycles. The molecule has 2 aromatic rings. The first-order valence-electron chi connectivity index (χ1n) is 6.03. The fourth-order valence-electron chi connectivity index (χ4n) is 1.79. The summed E-state index contributed by atoms with van der Waals surface area (Å²) in [6, 6.07) is 13.0. The fourth-order valence-corrected chi connectivity index (χ4v) is 1.79. The highest BCUT2D eigenvalue weighted by Gasteiger charge is 2.08. The maximum Gasteiger partial charge on any atom is 0.248 e. The summed E-state index contributed by atoms with van der Waals surface area (Å²) < 4.78 is 0. The number of hydrogen-bond donors (Lipinski definition) is 3. The van der Waals surface area contributed by atoms with Crippen molar-refractivity contribution in [2.45, 2.75) is 6.42 Å². The van der Waals surface area contributed by atoms with Crippen molar-refractivity contribution in [3.8, 4) is 5.75 Å². The minimum absolute atomic E-state index is 0.0491. The molecule has 0 aliphatic rings. The number of aromatic hydroxyl groups is 1. The topological polar surface area (TPSA) is 92.4 Å². The van der Waals surface area contributed by atoms with Crippen molar-refractivity contribution >= 4 is 17.5 Å². The van der Waals surface area contributed by atoms with Gasteiger partial charge in [0, 0.05) is 16.8 Å². The zero-order chi connectivity index (χ0) is 14.5. The van der Waals surface area contributed by atoms with Gasteiger partial charge in [0.25, 0.3) is 0 Å². The molecule has 0 saturated heterocycles. The van der Waals surface area contributed by atoms with Crippen LogP contribution in [0.4, 0.5) is 5.69 Å². The third-order valence-corrected chi connectivity index (χ3v) is 2.77. The Bertz CT molecular complexity index is 653. The first kappa shape index (κ1) is 13.6. The second-order valence-corrected chi connectivity index (χ2v) is 4.30. The van der Waals surface area contributed by atoms with Crippen LogP contribution in [-0.2, 0) is 11.2 Å². The number of nitrogens with two attached hydrogens (primary N) is 1. The lowest BCUT2D eigenvalue weighted by Crippen LogP contribution is -2.16. The molecule has 2 aromatic carbocycles. The van der Waals surface area contributed by atoms with Gasteiger partial charge in [-0.25, -0.2) is 0 Å². The number of carbonyl (C=O) groups excluding carboxylic acids is 2. The summed E-state index contributed by atoms with van der Waals surface area (Å²) in [5, 5.41) is 12.3. The smallest absolute Gasteiger partial charge is 0.248 e. The molecule has 2 rings (SSSR count). The maximum atomic E-state index is 11.9. The van der Waals surface area contributed by atoms with E-state index in [1.54, 1.807) is 36.4 Å².